The first-order valence-corrected chi connectivity index (χ1v) is 10.4. The third-order valence-electron chi connectivity index (χ3n) is 6.14. The van der Waals surface area contributed by atoms with Gasteiger partial charge in [-0.3, -0.25) is 9.36 Å². The van der Waals surface area contributed by atoms with E-state index >= 15 is 0 Å². The van der Waals surface area contributed by atoms with E-state index in [0.29, 0.717) is 6.54 Å². The fourth-order valence-corrected chi connectivity index (χ4v) is 5.61. The van der Waals surface area contributed by atoms with Gasteiger partial charge in [0.25, 0.3) is 5.56 Å². The zero-order chi connectivity index (χ0) is 18.6. The van der Waals surface area contributed by atoms with Crippen LogP contribution in [0, 0.1) is 0 Å². The molecule has 2 atom stereocenters. The van der Waals surface area contributed by atoms with Crippen molar-refractivity contribution in [1.29, 1.82) is 0 Å². The molecule has 0 saturated carbocycles. The quantitative estimate of drug-likeness (QED) is 0.593. The second-order valence-electron chi connectivity index (χ2n) is 7.80. The van der Waals surface area contributed by atoms with Gasteiger partial charge in [-0.2, -0.15) is 0 Å². The zero-order valence-corrected chi connectivity index (χ0v) is 16.4. The van der Waals surface area contributed by atoms with Gasteiger partial charge in [0.15, 0.2) is 5.16 Å². The lowest BCUT2D eigenvalue weighted by Gasteiger charge is -2.35. The SMILES string of the molecule is CC[C@]1(C)Cc2ccccc2-c2nc3n(c(=O)c21)C[C@@H](c1ccccc1)S3. The maximum atomic E-state index is 13.6. The molecule has 2 aromatic carbocycles. The Morgan fingerprint density at radius 3 is 2.67 bits per heavy atom. The molecule has 1 aliphatic heterocycles. The third kappa shape index (κ3) is 2.50. The van der Waals surface area contributed by atoms with Crippen molar-refractivity contribution in [2.75, 3.05) is 0 Å². The van der Waals surface area contributed by atoms with Crippen molar-refractivity contribution in [3.05, 3.63) is 81.6 Å². The number of aromatic nitrogens is 2. The van der Waals surface area contributed by atoms with E-state index in [4.69, 9.17) is 4.98 Å². The predicted octanol–water partition coefficient (Wildman–Crippen LogP) is 4.98. The number of hydrogen-bond donors (Lipinski definition) is 0. The molecule has 0 N–H and O–H groups in total. The molecule has 136 valence electrons. The van der Waals surface area contributed by atoms with Crippen LogP contribution in [0.4, 0.5) is 0 Å². The molecule has 0 spiro atoms. The van der Waals surface area contributed by atoms with Crippen molar-refractivity contribution in [3.63, 3.8) is 0 Å². The molecule has 0 saturated heterocycles. The van der Waals surface area contributed by atoms with Crippen LogP contribution in [0.1, 0.15) is 42.2 Å². The van der Waals surface area contributed by atoms with Crippen LogP contribution in [0.15, 0.2) is 64.5 Å². The minimum absolute atomic E-state index is 0.153. The number of thioether (sulfide) groups is 1. The predicted molar refractivity (Wildman–Crippen MR) is 110 cm³/mol. The van der Waals surface area contributed by atoms with Gasteiger partial charge in [-0.05, 0) is 24.0 Å². The molecule has 0 fully saturated rings. The van der Waals surface area contributed by atoms with Gasteiger partial charge in [0.1, 0.15) is 0 Å². The fourth-order valence-electron chi connectivity index (χ4n) is 4.41. The molecule has 3 aromatic rings. The average molecular weight is 375 g/mol. The Labute approximate surface area is 163 Å². The molecule has 5 rings (SSSR count). The molecule has 2 aliphatic rings. The molecule has 3 nitrogen and oxygen atoms in total. The number of hydrogen-bond acceptors (Lipinski definition) is 3. The highest BCUT2D eigenvalue weighted by molar-refractivity contribution is 7.99. The van der Waals surface area contributed by atoms with Crippen LogP contribution in [0.25, 0.3) is 11.3 Å². The first-order chi connectivity index (χ1) is 13.1. The van der Waals surface area contributed by atoms with E-state index in [9.17, 15) is 4.79 Å². The van der Waals surface area contributed by atoms with E-state index in [1.54, 1.807) is 11.8 Å². The summed E-state index contributed by atoms with van der Waals surface area (Å²) in [7, 11) is 0. The summed E-state index contributed by atoms with van der Waals surface area (Å²) < 4.78 is 1.91. The summed E-state index contributed by atoms with van der Waals surface area (Å²) in [6.45, 7) is 5.09. The number of nitrogens with zero attached hydrogens (tertiary/aromatic N) is 2. The van der Waals surface area contributed by atoms with Crippen LogP contribution in [0.3, 0.4) is 0 Å². The molecule has 1 aromatic heterocycles. The summed E-state index contributed by atoms with van der Waals surface area (Å²) in [6, 6.07) is 18.8. The highest BCUT2D eigenvalue weighted by atomic mass is 32.2. The Bertz CT molecular complexity index is 1090. The van der Waals surface area contributed by atoms with E-state index in [1.807, 2.05) is 16.7 Å². The Morgan fingerprint density at radius 1 is 1.15 bits per heavy atom. The Morgan fingerprint density at radius 2 is 1.89 bits per heavy atom. The molecular weight excluding hydrogens is 352 g/mol. The Kier molecular flexibility index (Phi) is 3.80. The number of rotatable bonds is 2. The van der Waals surface area contributed by atoms with E-state index in [-0.39, 0.29) is 16.2 Å². The van der Waals surface area contributed by atoms with Crippen molar-refractivity contribution < 1.29 is 0 Å². The van der Waals surface area contributed by atoms with E-state index in [1.165, 1.54) is 11.1 Å². The average Bonchev–Trinajstić information content (AvgIpc) is 3.13. The van der Waals surface area contributed by atoms with Gasteiger partial charge in [-0.1, -0.05) is 80.2 Å². The Balaban J connectivity index is 1.70. The number of fused-ring (bicyclic) bond motifs is 4. The second-order valence-corrected chi connectivity index (χ2v) is 8.97. The summed E-state index contributed by atoms with van der Waals surface area (Å²) in [5.74, 6) is 0. The molecular formula is C23H22N2OS. The molecule has 4 heteroatoms. The summed E-state index contributed by atoms with van der Waals surface area (Å²) >= 11 is 1.71. The minimum atomic E-state index is -0.161. The molecule has 1 aliphatic carbocycles. The van der Waals surface area contributed by atoms with Gasteiger partial charge >= 0.3 is 0 Å². The van der Waals surface area contributed by atoms with Crippen LogP contribution < -0.4 is 5.56 Å². The highest BCUT2D eigenvalue weighted by Crippen LogP contribution is 2.46. The van der Waals surface area contributed by atoms with Gasteiger partial charge in [0.2, 0.25) is 0 Å². The third-order valence-corrected chi connectivity index (χ3v) is 7.37. The van der Waals surface area contributed by atoms with Gasteiger partial charge in [0.05, 0.1) is 16.5 Å². The molecule has 0 bridgehead atoms. The second kappa shape index (κ2) is 6.10. The first-order valence-electron chi connectivity index (χ1n) is 9.56. The van der Waals surface area contributed by atoms with Crippen LogP contribution in [0.2, 0.25) is 0 Å². The lowest BCUT2D eigenvalue weighted by atomic mass is 9.69. The van der Waals surface area contributed by atoms with Crippen molar-refractivity contribution in [2.24, 2.45) is 0 Å². The van der Waals surface area contributed by atoms with Crippen LogP contribution in [0.5, 0.6) is 0 Å². The summed E-state index contributed by atoms with van der Waals surface area (Å²) in [4.78, 5) is 18.6. The van der Waals surface area contributed by atoms with E-state index in [0.717, 1.165) is 34.8 Å². The Hall–Kier alpha value is -2.33. The summed E-state index contributed by atoms with van der Waals surface area (Å²) in [5.41, 5.74) is 5.48. The van der Waals surface area contributed by atoms with Gasteiger partial charge < -0.3 is 0 Å². The monoisotopic (exact) mass is 374 g/mol. The van der Waals surface area contributed by atoms with Gasteiger partial charge in [0, 0.05) is 17.5 Å². The largest absolute Gasteiger partial charge is 0.286 e. The summed E-state index contributed by atoms with van der Waals surface area (Å²) in [5, 5.41) is 1.10. The maximum Gasteiger partial charge on any atom is 0.258 e. The van der Waals surface area contributed by atoms with Gasteiger partial charge in [-0.25, -0.2) is 4.98 Å². The van der Waals surface area contributed by atoms with Crippen LogP contribution >= 0.6 is 11.8 Å². The molecule has 27 heavy (non-hydrogen) atoms. The van der Waals surface area contributed by atoms with Crippen molar-refractivity contribution in [1.82, 2.24) is 9.55 Å². The van der Waals surface area contributed by atoms with Crippen LogP contribution in [-0.4, -0.2) is 9.55 Å². The van der Waals surface area contributed by atoms with Crippen LogP contribution in [-0.2, 0) is 18.4 Å². The van der Waals surface area contributed by atoms with E-state index < -0.39 is 0 Å². The fraction of sp³-hybridized carbons (Fsp3) is 0.304. The molecule has 2 heterocycles. The van der Waals surface area contributed by atoms with E-state index in [2.05, 4.69) is 56.3 Å². The summed E-state index contributed by atoms with van der Waals surface area (Å²) in [6.07, 6.45) is 1.83. The molecule has 0 amide bonds. The van der Waals surface area contributed by atoms with Crippen molar-refractivity contribution in [2.45, 2.75) is 49.1 Å². The maximum absolute atomic E-state index is 13.6. The normalized spacial score (nSPS) is 22.8. The van der Waals surface area contributed by atoms with Gasteiger partial charge in [-0.15, -0.1) is 0 Å². The first kappa shape index (κ1) is 16.8. The zero-order valence-electron chi connectivity index (χ0n) is 15.6. The van der Waals surface area contributed by atoms with Crippen molar-refractivity contribution in [3.8, 4) is 11.3 Å². The lowest BCUT2D eigenvalue weighted by Crippen LogP contribution is -2.39. The highest BCUT2D eigenvalue weighted by Gasteiger charge is 2.39. The lowest BCUT2D eigenvalue weighted by molar-refractivity contribution is 0.429. The standard InChI is InChI=1S/C23H22N2OS/c1-3-23(2)13-16-11-7-8-12-17(16)20-19(23)21(26)25-14-18(27-22(25)24-20)15-9-5-4-6-10-15/h4-12,18H,3,13-14H2,1-2H3/t18-,23+/m0/s1. The molecule has 0 radical (unpaired) electrons. The smallest absolute Gasteiger partial charge is 0.258 e. The molecule has 0 unspecified atom stereocenters. The number of benzene rings is 2. The van der Waals surface area contributed by atoms with Crippen molar-refractivity contribution >= 4 is 11.8 Å². The topological polar surface area (TPSA) is 34.9 Å². The minimum Gasteiger partial charge on any atom is -0.286 e.